The number of hydrogen-bond donors (Lipinski definition) is 0. The van der Waals surface area contributed by atoms with Gasteiger partial charge in [0.2, 0.25) is 0 Å². The smallest absolute Gasteiger partial charge is 0.161 e. The third-order valence-electron chi connectivity index (χ3n) is 9.90. The molecule has 0 spiro atoms. The highest BCUT2D eigenvalue weighted by molar-refractivity contribution is 6.12. The molecule has 4 heteroatoms. The van der Waals surface area contributed by atoms with Gasteiger partial charge in [-0.2, -0.15) is 0 Å². The lowest BCUT2D eigenvalue weighted by molar-refractivity contribution is 1.17. The summed E-state index contributed by atoms with van der Waals surface area (Å²) in [6.07, 6.45) is 3.69. The summed E-state index contributed by atoms with van der Waals surface area (Å²) in [5.74, 6) is 0.707. The SMILES string of the molecule is c1cncc(-c2ccc(-c3cc(-c4ccc(-n5c6ccccc6c6ccccc65)cc4)nc(-c4c5ccccc5cc5ccccc45)n3)cc2)c1. The van der Waals surface area contributed by atoms with Gasteiger partial charge in [-0.05, 0) is 75.1 Å². The van der Waals surface area contributed by atoms with Crippen LogP contribution in [0.25, 0.3) is 94.1 Å². The lowest BCUT2D eigenvalue weighted by atomic mass is 9.95. The molecule has 0 saturated carbocycles. The molecule has 3 aromatic heterocycles. The summed E-state index contributed by atoms with van der Waals surface area (Å²) in [5, 5.41) is 7.09. The van der Waals surface area contributed by atoms with E-state index in [1.165, 1.54) is 21.8 Å². The molecular weight excluding hydrogens is 621 g/mol. The van der Waals surface area contributed by atoms with Crippen LogP contribution in [0.3, 0.4) is 0 Å². The number of hydrogen-bond acceptors (Lipinski definition) is 3. The summed E-state index contributed by atoms with van der Waals surface area (Å²) >= 11 is 0. The van der Waals surface area contributed by atoms with E-state index >= 15 is 0 Å². The van der Waals surface area contributed by atoms with E-state index < -0.39 is 0 Å². The Kier molecular flexibility index (Phi) is 6.78. The molecule has 10 aromatic rings. The second-order valence-corrected chi connectivity index (χ2v) is 12.9. The molecular formula is C47H30N4. The molecule has 0 radical (unpaired) electrons. The summed E-state index contributed by atoms with van der Waals surface area (Å²) in [6, 6.07) is 60.0. The first-order chi connectivity index (χ1) is 25.3. The molecule has 0 aliphatic carbocycles. The molecule has 7 aromatic carbocycles. The second-order valence-electron chi connectivity index (χ2n) is 12.9. The molecule has 3 heterocycles. The summed E-state index contributed by atoms with van der Waals surface area (Å²) < 4.78 is 2.34. The van der Waals surface area contributed by atoms with Gasteiger partial charge in [-0.1, -0.05) is 127 Å². The maximum Gasteiger partial charge on any atom is 0.161 e. The van der Waals surface area contributed by atoms with Crippen LogP contribution in [0.5, 0.6) is 0 Å². The first-order valence-corrected chi connectivity index (χ1v) is 17.2. The van der Waals surface area contributed by atoms with E-state index in [0.717, 1.165) is 66.4 Å². The third kappa shape index (κ3) is 4.96. The molecule has 0 N–H and O–H groups in total. The van der Waals surface area contributed by atoms with E-state index in [0.29, 0.717) is 5.82 Å². The Hall–Kier alpha value is -6.91. The van der Waals surface area contributed by atoms with Crippen molar-refractivity contribution in [2.75, 3.05) is 0 Å². The minimum absolute atomic E-state index is 0.707. The number of benzene rings is 7. The monoisotopic (exact) mass is 650 g/mol. The highest BCUT2D eigenvalue weighted by atomic mass is 15.0. The van der Waals surface area contributed by atoms with Gasteiger partial charge in [0.05, 0.1) is 22.4 Å². The second kappa shape index (κ2) is 11.9. The van der Waals surface area contributed by atoms with E-state index in [2.05, 4.69) is 173 Å². The number of rotatable bonds is 5. The van der Waals surface area contributed by atoms with Gasteiger partial charge >= 0.3 is 0 Å². The van der Waals surface area contributed by atoms with Crippen LogP contribution >= 0.6 is 0 Å². The Balaban J connectivity index is 1.16. The minimum Gasteiger partial charge on any atom is -0.309 e. The molecule has 0 aliphatic rings. The normalized spacial score (nSPS) is 11.5. The van der Waals surface area contributed by atoms with Crippen molar-refractivity contribution >= 4 is 43.4 Å². The quantitative estimate of drug-likeness (QED) is 0.174. The van der Waals surface area contributed by atoms with Crippen LogP contribution in [0.4, 0.5) is 0 Å². The maximum atomic E-state index is 5.33. The predicted octanol–water partition coefficient (Wildman–Crippen LogP) is 11.9. The summed E-state index contributed by atoms with van der Waals surface area (Å²) in [5.41, 5.74) is 10.5. The molecule has 0 saturated heterocycles. The van der Waals surface area contributed by atoms with Crippen molar-refractivity contribution in [1.82, 2.24) is 19.5 Å². The number of pyridine rings is 1. The van der Waals surface area contributed by atoms with Gasteiger partial charge in [-0.15, -0.1) is 0 Å². The van der Waals surface area contributed by atoms with Gasteiger partial charge in [0.15, 0.2) is 5.82 Å². The van der Waals surface area contributed by atoms with Crippen LogP contribution in [-0.2, 0) is 0 Å². The molecule has 4 nitrogen and oxygen atoms in total. The van der Waals surface area contributed by atoms with Crippen LogP contribution in [0.2, 0.25) is 0 Å². The topological polar surface area (TPSA) is 43.6 Å². The highest BCUT2D eigenvalue weighted by Crippen LogP contribution is 2.38. The zero-order valence-corrected chi connectivity index (χ0v) is 27.6. The first-order valence-electron chi connectivity index (χ1n) is 17.2. The Morgan fingerprint density at radius 2 is 0.902 bits per heavy atom. The average Bonchev–Trinajstić information content (AvgIpc) is 3.54. The molecule has 51 heavy (non-hydrogen) atoms. The standard InChI is InChI=1S/C47H30N4/c1-3-13-38-34(10-1)28-35-11-2-4-14-39(35)46(38)47-49-42(32-21-19-31(20-22-32)36-12-9-27-48-30-36)29-43(50-47)33-23-25-37(26-24-33)51-44-17-7-5-15-40(44)41-16-6-8-18-45(41)51/h1-30H. The van der Waals surface area contributed by atoms with Crippen molar-refractivity contribution in [2.45, 2.75) is 0 Å². The number of fused-ring (bicyclic) bond motifs is 5. The van der Waals surface area contributed by atoms with Crippen molar-refractivity contribution < 1.29 is 0 Å². The number of para-hydroxylation sites is 2. The fourth-order valence-corrected chi connectivity index (χ4v) is 7.46. The van der Waals surface area contributed by atoms with E-state index in [1.807, 2.05) is 12.3 Å². The van der Waals surface area contributed by atoms with Gasteiger partial charge in [-0.25, -0.2) is 9.97 Å². The van der Waals surface area contributed by atoms with Crippen molar-refractivity contribution in [3.63, 3.8) is 0 Å². The summed E-state index contributed by atoms with van der Waals surface area (Å²) in [4.78, 5) is 14.9. The molecule has 0 bridgehead atoms. The highest BCUT2D eigenvalue weighted by Gasteiger charge is 2.17. The molecule has 238 valence electrons. The van der Waals surface area contributed by atoms with Crippen LogP contribution in [0.15, 0.2) is 182 Å². The number of aromatic nitrogens is 4. The Bertz CT molecular complexity index is 2780. The van der Waals surface area contributed by atoms with Crippen molar-refractivity contribution in [2.24, 2.45) is 0 Å². The maximum absolute atomic E-state index is 5.33. The Morgan fingerprint density at radius 1 is 0.392 bits per heavy atom. The van der Waals surface area contributed by atoms with E-state index in [-0.39, 0.29) is 0 Å². The van der Waals surface area contributed by atoms with Gasteiger partial charge in [0.1, 0.15) is 0 Å². The largest absolute Gasteiger partial charge is 0.309 e. The van der Waals surface area contributed by atoms with Crippen molar-refractivity contribution in [3.8, 4) is 50.7 Å². The fourth-order valence-electron chi connectivity index (χ4n) is 7.46. The molecule has 0 fully saturated rings. The lowest BCUT2D eigenvalue weighted by Crippen LogP contribution is -1.98. The van der Waals surface area contributed by atoms with Crippen molar-refractivity contribution in [3.05, 3.63) is 182 Å². The molecule has 0 unspecified atom stereocenters. The number of nitrogens with zero attached hydrogens (tertiary/aromatic N) is 4. The Morgan fingerprint density at radius 3 is 1.47 bits per heavy atom. The molecule has 0 amide bonds. The summed E-state index contributed by atoms with van der Waals surface area (Å²) in [7, 11) is 0. The minimum atomic E-state index is 0.707. The zero-order chi connectivity index (χ0) is 33.7. The average molecular weight is 651 g/mol. The molecule has 0 aliphatic heterocycles. The predicted molar refractivity (Wildman–Crippen MR) is 211 cm³/mol. The van der Waals surface area contributed by atoms with Crippen LogP contribution in [-0.4, -0.2) is 19.5 Å². The van der Waals surface area contributed by atoms with Gasteiger partial charge in [0, 0.05) is 45.5 Å². The van der Waals surface area contributed by atoms with E-state index in [1.54, 1.807) is 6.20 Å². The van der Waals surface area contributed by atoms with Gasteiger partial charge < -0.3 is 4.57 Å². The Labute approximate surface area is 295 Å². The van der Waals surface area contributed by atoms with Crippen molar-refractivity contribution in [1.29, 1.82) is 0 Å². The molecule has 0 atom stereocenters. The van der Waals surface area contributed by atoms with E-state index in [9.17, 15) is 0 Å². The zero-order valence-electron chi connectivity index (χ0n) is 27.6. The van der Waals surface area contributed by atoms with Gasteiger partial charge in [0.25, 0.3) is 0 Å². The van der Waals surface area contributed by atoms with E-state index in [4.69, 9.17) is 9.97 Å². The first kappa shape index (κ1) is 29.0. The van der Waals surface area contributed by atoms with Crippen LogP contribution < -0.4 is 0 Å². The third-order valence-corrected chi connectivity index (χ3v) is 9.90. The fraction of sp³-hybridized carbons (Fsp3) is 0. The van der Waals surface area contributed by atoms with Gasteiger partial charge in [-0.3, -0.25) is 4.98 Å². The van der Waals surface area contributed by atoms with Crippen LogP contribution in [0.1, 0.15) is 0 Å². The summed E-state index contributed by atoms with van der Waals surface area (Å²) in [6.45, 7) is 0. The van der Waals surface area contributed by atoms with Crippen LogP contribution in [0, 0.1) is 0 Å². The lowest BCUT2D eigenvalue weighted by Gasteiger charge is -2.14. The molecule has 10 rings (SSSR count).